The molecule has 0 aliphatic carbocycles. The summed E-state index contributed by atoms with van der Waals surface area (Å²) in [4.78, 5) is 0. The highest BCUT2D eigenvalue weighted by atomic mass is 16.3. The van der Waals surface area contributed by atoms with Crippen molar-refractivity contribution in [3.8, 4) is 23.5 Å². The van der Waals surface area contributed by atoms with E-state index in [1.165, 1.54) is 0 Å². The first kappa shape index (κ1) is 30.4. The summed E-state index contributed by atoms with van der Waals surface area (Å²) in [5, 5.41) is 30.6. The SMILES string of the molecule is CCc1c(C#N)c(-n2c3ccccc3c3c4oc5ccccc5c4ccc32)c(CC)c(-n2c3ccccc3c3c4oc5ccccc5c4ccc32)c1C#N. The summed E-state index contributed by atoms with van der Waals surface area (Å²) in [6.07, 6.45) is 1.07. The number of benzene rings is 7. The minimum absolute atomic E-state index is 0.506. The molecule has 254 valence electrons. The Morgan fingerprint density at radius 1 is 0.444 bits per heavy atom. The fourth-order valence-corrected chi connectivity index (χ4v) is 9.20. The van der Waals surface area contributed by atoms with Gasteiger partial charge in [-0.2, -0.15) is 10.5 Å². The molecule has 0 fully saturated rings. The number of aromatic nitrogens is 2. The zero-order valence-corrected chi connectivity index (χ0v) is 29.6. The van der Waals surface area contributed by atoms with Gasteiger partial charge in [0.2, 0.25) is 0 Å². The highest BCUT2D eigenvalue weighted by Crippen LogP contribution is 2.46. The fraction of sp³-hybridized carbons (Fsp3) is 0.0833. The van der Waals surface area contributed by atoms with Crippen LogP contribution in [0.25, 0.3) is 98.9 Å². The zero-order chi connectivity index (χ0) is 36.2. The van der Waals surface area contributed by atoms with E-state index < -0.39 is 0 Å². The molecule has 0 spiro atoms. The van der Waals surface area contributed by atoms with Crippen molar-refractivity contribution in [1.82, 2.24) is 9.13 Å². The third kappa shape index (κ3) is 3.76. The van der Waals surface area contributed by atoms with Gasteiger partial charge in [-0.25, -0.2) is 0 Å². The van der Waals surface area contributed by atoms with Crippen LogP contribution >= 0.6 is 0 Å². The van der Waals surface area contributed by atoms with Crippen molar-refractivity contribution in [3.63, 3.8) is 0 Å². The van der Waals surface area contributed by atoms with Crippen LogP contribution in [0.2, 0.25) is 0 Å². The van der Waals surface area contributed by atoms with Gasteiger partial charge in [0.1, 0.15) is 34.5 Å². The molecule has 0 amide bonds. The Kier molecular flexibility index (Phi) is 6.25. The van der Waals surface area contributed by atoms with Gasteiger partial charge in [-0.1, -0.05) is 86.6 Å². The first-order valence-electron chi connectivity index (χ1n) is 18.4. The van der Waals surface area contributed by atoms with Crippen LogP contribution in [0.5, 0.6) is 0 Å². The molecule has 0 radical (unpaired) electrons. The second kappa shape index (κ2) is 11.1. The topological polar surface area (TPSA) is 83.7 Å². The lowest BCUT2D eigenvalue weighted by atomic mass is 9.90. The molecule has 54 heavy (non-hydrogen) atoms. The van der Waals surface area contributed by atoms with E-state index in [1.807, 2.05) is 55.5 Å². The first-order chi connectivity index (χ1) is 26.7. The lowest BCUT2D eigenvalue weighted by Crippen LogP contribution is -2.13. The van der Waals surface area contributed by atoms with Gasteiger partial charge in [0.05, 0.1) is 55.3 Å². The number of nitrogens with zero attached hydrogens (tertiary/aromatic N) is 4. The predicted octanol–water partition coefficient (Wildman–Crippen LogP) is 12.5. The van der Waals surface area contributed by atoms with Crippen molar-refractivity contribution in [2.45, 2.75) is 26.7 Å². The third-order valence-electron chi connectivity index (χ3n) is 11.4. The Balaban J connectivity index is 1.34. The van der Waals surface area contributed by atoms with E-state index in [0.717, 1.165) is 110 Å². The standard InChI is InChI=1S/C48H30N4O2/c1-3-27-35(25-49)45(51-37-17-9-5-15-33(37)43-39(51)23-21-31-29-13-7-11-19-41(29)53-47(31)43)28(4-2)46(36(27)26-50)52-38-18-10-6-16-34(38)44-40(52)24-22-32-30-14-8-12-20-42(30)54-48(32)44/h5-24H,3-4H2,1-2H3. The Bertz CT molecular complexity index is 3270. The normalized spacial score (nSPS) is 12.0. The number of hydrogen-bond donors (Lipinski definition) is 0. The number of fused-ring (bicyclic) bond motifs is 14. The summed E-state index contributed by atoms with van der Waals surface area (Å²) in [5.74, 6) is 0. The van der Waals surface area contributed by atoms with E-state index >= 15 is 0 Å². The molecule has 0 aliphatic rings. The van der Waals surface area contributed by atoms with Crippen LogP contribution in [0, 0.1) is 22.7 Å². The summed E-state index contributed by atoms with van der Waals surface area (Å²) in [6, 6.07) is 46.8. The molecular formula is C48H30N4O2. The van der Waals surface area contributed by atoms with Crippen molar-refractivity contribution < 1.29 is 8.83 Å². The van der Waals surface area contributed by atoms with Crippen LogP contribution in [0.1, 0.15) is 36.1 Å². The number of nitriles is 2. The Hall–Kier alpha value is -7.28. The van der Waals surface area contributed by atoms with Crippen molar-refractivity contribution >= 4 is 87.5 Å². The van der Waals surface area contributed by atoms with E-state index in [-0.39, 0.29) is 0 Å². The van der Waals surface area contributed by atoms with Gasteiger partial charge in [0, 0.05) is 37.9 Å². The molecule has 11 aromatic rings. The van der Waals surface area contributed by atoms with Crippen LogP contribution < -0.4 is 0 Å². The summed E-state index contributed by atoms with van der Waals surface area (Å²) in [7, 11) is 0. The lowest BCUT2D eigenvalue weighted by Gasteiger charge is -2.24. The maximum atomic E-state index is 11.1. The van der Waals surface area contributed by atoms with Gasteiger partial charge < -0.3 is 18.0 Å². The first-order valence-corrected chi connectivity index (χ1v) is 18.4. The molecular weight excluding hydrogens is 665 g/mol. The average Bonchev–Trinajstić information content (AvgIpc) is 3.97. The van der Waals surface area contributed by atoms with Gasteiger partial charge in [-0.15, -0.1) is 0 Å². The molecule has 7 aromatic carbocycles. The van der Waals surface area contributed by atoms with Gasteiger partial charge in [-0.3, -0.25) is 0 Å². The minimum Gasteiger partial charge on any atom is -0.455 e. The largest absolute Gasteiger partial charge is 0.455 e. The predicted molar refractivity (Wildman–Crippen MR) is 218 cm³/mol. The average molecular weight is 695 g/mol. The monoisotopic (exact) mass is 694 g/mol. The van der Waals surface area contributed by atoms with Crippen molar-refractivity contribution in [1.29, 1.82) is 10.5 Å². The van der Waals surface area contributed by atoms with Crippen LogP contribution in [0.4, 0.5) is 0 Å². The van der Waals surface area contributed by atoms with E-state index in [2.05, 4.69) is 101 Å². The molecule has 11 rings (SSSR count). The van der Waals surface area contributed by atoms with E-state index in [9.17, 15) is 10.5 Å². The van der Waals surface area contributed by atoms with Gasteiger partial charge in [-0.05, 0) is 66.9 Å². The summed E-state index contributed by atoms with van der Waals surface area (Å²) >= 11 is 0. The van der Waals surface area contributed by atoms with Gasteiger partial charge in [0.25, 0.3) is 0 Å². The van der Waals surface area contributed by atoms with E-state index in [1.54, 1.807) is 0 Å². The molecule has 0 saturated heterocycles. The molecule has 6 nitrogen and oxygen atoms in total. The van der Waals surface area contributed by atoms with E-state index in [4.69, 9.17) is 8.83 Å². The Morgan fingerprint density at radius 2 is 0.852 bits per heavy atom. The van der Waals surface area contributed by atoms with Crippen molar-refractivity contribution in [2.24, 2.45) is 0 Å². The third-order valence-corrected chi connectivity index (χ3v) is 11.4. The highest BCUT2D eigenvalue weighted by Gasteiger charge is 2.30. The lowest BCUT2D eigenvalue weighted by molar-refractivity contribution is 0.672. The molecule has 0 saturated carbocycles. The smallest absolute Gasteiger partial charge is 0.145 e. The van der Waals surface area contributed by atoms with E-state index in [0.29, 0.717) is 24.0 Å². The van der Waals surface area contributed by atoms with Crippen molar-refractivity contribution in [2.75, 3.05) is 0 Å². The fourth-order valence-electron chi connectivity index (χ4n) is 9.20. The summed E-state index contributed by atoms with van der Waals surface area (Å²) in [6.45, 7) is 4.15. The highest BCUT2D eigenvalue weighted by molar-refractivity contribution is 6.25. The molecule has 4 heterocycles. The van der Waals surface area contributed by atoms with Crippen LogP contribution in [-0.4, -0.2) is 9.13 Å². The Labute approximate surface area is 308 Å². The zero-order valence-electron chi connectivity index (χ0n) is 29.6. The second-order valence-corrected chi connectivity index (χ2v) is 13.9. The maximum Gasteiger partial charge on any atom is 0.145 e. The maximum absolute atomic E-state index is 11.1. The minimum atomic E-state index is 0.506. The molecule has 0 aliphatic heterocycles. The Morgan fingerprint density at radius 3 is 1.28 bits per heavy atom. The molecule has 0 N–H and O–H groups in total. The molecule has 0 bridgehead atoms. The number of para-hydroxylation sites is 4. The van der Waals surface area contributed by atoms with Gasteiger partial charge >= 0.3 is 0 Å². The summed E-state index contributed by atoms with van der Waals surface area (Å²) < 4.78 is 17.7. The second-order valence-electron chi connectivity index (χ2n) is 13.9. The molecule has 0 atom stereocenters. The van der Waals surface area contributed by atoms with Crippen LogP contribution in [-0.2, 0) is 12.8 Å². The van der Waals surface area contributed by atoms with Gasteiger partial charge in [0.15, 0.2) is 0 Å². The molecule has 4 aromatic heterocycles. The van der Waals surface area contributed by atoms with Crippen LogP contribution in [0.15, 0.2) is 130 Å². The molecule has 0 unspecified atom stereocenters. The molecule has 6 heteroatoms. The summed E-state index contributed by atoms with van der Waals surface area (Å²) in [5.41, 5.74) is 11.4. The van der Waals surface area contributed by atoms with Crippen LogP contribution in [0.3, 0.4) is 0 Å². The number of rotatable bonds is 4. The van der Waals surface area contributed by atoms with Crippen molar-refractivity contribution in [3.05, 3.63) is 144 Å². The quantitative estimate of drug-likeness (QED) is 0.184. The number of furan rings is 2. The number of hydrogen-bond acceptors (Lipinski definition) is 4.